The van der Waals surface area contributed by atoms with Crippen molar-refractivity contribution in [3.05, 3.63) is 33.9 Å². The van der Waals surface area contributed by atoms with Crippen LogP contribution in [0.4, 0.5) is 11.4 Å². The van der Waals surface area contributed by atoms with E-state index < -0.39 is 6.10 Å². The number of nitro benzene ring substituents is 1. The Labute approximate surface area is 125 Å². The summed E-state index contributed by atoms with van der Waals surface area (Å²) in [6.45, 7) is 8.23. The molecule has 0 aromatic heterocycles. The van der Waals surface area contributed by atoms with Crippen LogP contribution in [-0.4, -0.2) is 47.2 Å². The summed E-state index contributed by atoms with van der Waals surface area (Å²) in [6, 6.07) is 4.99. The predicted molar refractivity (Wildman–Crippen MR) is 82.7 cm³/mol. The van der Waals surface area contributed by atoms with Gasteiger partial charge in [-0.1, -0.05) is 6.07 Å². The molecule has 1 atom stereocenters. The largest absolute Gasteiger partial charge is 0.389 e. The SMILES string of the molecule is C[C@@H](O)c1ccc(N2CCN(C)C(C)(C)C2)c([N+](=O)[O-])c1. The molecule has 1 fully saturated rings. The van der Waals surface area contributed by atoms with Crippen molar-refractivity contribution < 1.29 is 10.0 Å². The molecule has 1 heterocycles. The van der Waals surface area contributed by atoms with E-state index in [0.717, 1.165) is 19.6 Å². The summed E-state index contributed by atoms with van der Waals surface area (Å²) in [5.74, 6) is 0. The predicted octanol–water partition coefficient (Wildman–Crippen LogP) is 2.18. The van der Waals surface area contributed by atoms with E-state index in [1.54, 1.807) is 19.1 Å². The number of hydrogen-bond donors (Lipinski definition) is 1. The first-order chi connectivity index (χ1) is 9.72. The molecule has 0 unspecified atom stereocenters. The highest BCUT2D eigenvalue weighted by atomic mass is 16.6. The van der Waals surface area contributed by atoms with Crippen LogP contribution in [0.3, 0.4) is 0 Å². The molecule has 0 bridgehead atoms. The van der Waals surface area contributed by atoms with Gasteiger partial charge in [-0.2, -0.15) is 0 Å². The third-order valence-electron chi connectivity index (χ3n) is 4.34. The van der Waals surface area contributed by atoms with Crippen LogP contribution in [-0.2, 0) is 0 Å². The fraction of sp³-hybridized carbons (Fsp3) is 0.600. The van der Waals surface area contributed by atoms with E-state index in [4.69, 9.17) is 0 Å². The lowest BCUT2D eigenvalue weighted by Gasteiger charge is -2.46. The summed E-state index contributed by atoms with van der Waals surface area (Å²) < 4.78 is 0. The number of likely N-dealkylation sites (N-methyl/N-ethyl adjacent to an activating group) is 1. The lowest BCUT2D eigenvalue weighted by Crippen LogP contribution is -2.57. The molecular weight excluding hydrogens is 270 g/mol. The quantitative estimate of drug-likeness (QED) is 0.683. The Bertz CT molecular complexity index is 543. The van der Waals surface area contributed by atoms with Crippen LogP contribution in [0.5, 0.6) is 0 Å². The average molecular weight is 293 g/mol. The molecule has 6 heteroatoms. The summed E-state index contributed by atoms with van der Waals surface area (Å²) in [7, 11) is 2.07. The zero-order chi connectivity index (χ0) is 15.8. The molecule has 0 spiro atoms. The Balaban J connectivity index is 2.37. The fourth-order valence-corrected chi connectivity index (χ4v) is 2.66. The molecule has 0 aliphatic carbocycles. The van der Waals surface area contributed by atoms with Crippen LogP contribution in [0, 0.1) is 10.1 Å². The summed E-state index contributed by atoms with van der Waals surface area (Å²) in [5.41, 5.74) is 1.23. The molecule has 2 rings (SSSR count). The van der Waals surface area contributed by atoms with Crippen molar-refractivity contribution in [3.63, 3.8) is 0 Å². The van der Waals surface area contributed by atoms with Crippen LogP contribution in [0.2, 0.25) is 0 Å². The van der Waals surface area contributed by atoms with Gasteiger partial charge in [-0.05, 0) is 39.4 Å². The smallest absolute Gasteiger partial charge is 0.292 e. The third-order valence-corrected chi connectivity index (χ3v) is 4.34. The highest BCUT2D eigenvalue weighted by Gasteiger charge is 2.33. The van der Waals surface area contributed by atoms with Crippen LogP contribution < -0.4 is 4.90 Å². The minimum atomic E-state index is -0.707. The number of hydrogen-bond acceptors (Lipinski definition) is 5. The molecule has 1 aliphatic heterocycles. The van der Waals surface area contributed by atoms with E-state index in [1.165, 1.54) is 6.07 Å². The van der Waals surface area contributed by atoms with E-state index in [1.807, 2.05) is 0 Å². The van der Waals surface area contributed by atoms with E-state index in [0.29, 0.717) is 11.3 Å². The van der Waals surface area contributed by atoms with Crippen molar-refractivity contribution >= 4 is 11.4 Å². The molecular formula is C15H23N3O3. The Morgan fingerprint density at radius 2 is 2.05 bits per heavy atom. The number of nitro groups is 1. The first kappa shape index (κ1) is 15.7. The Kier molecular flexibility index (Phi) is 4.20. The van der Waals surface area contributed by atoms with Gasteiger partial charge in [-0.3, -0.25) is 15.0 Å². The number of aliphatic hydroxyl groups is 1. The van der Waals surface area contributed by atoms with Crippen molar-refractivity contribution in [3.8, 4) is 0 Å². The lowest BCUT2D eigenvalue weighted by molar-refractivity contribution is -0.384. The summed E-state index contributed by atoms with van der Waals surface area (Å²) in [6.07, 6.45) is -0.707. The summed E-state index contributed by atoms with van der Waals surface area (Å²) in [4.78, 5) is 15.3. The number of benzene rings is 1. The minimum absolute atomic E-state index is 0.0327. The lowest BCUT2D eigenvalue weighted by atomic mass is 9.98. The zero-order valence-electron chi connectivity index (χ0n) is 13.0. The molecule has 1 aromatic carbocycles. The molecule has 1 aromatic rings. The number of nitrogens with zero attached hydrogens (tertiary/aromatic N) is 3. The molecule has 6 nitrogen and oxygen atoms in total. The Morgan fingerprint density at radius 3 is 2.57 bits per heavy atom. The van der Waals surface area contributed by atoms with Crippen molar-refractivity contribution in [1.82, 2.24) is 4.90 Å². The second-order valence-corrected chi connectivity index (χ2v) is 6.34. The van der Waals surface area contributed by atoms with E-state index >= 15 is 0 Å². The number of rotatable bonds is 3. The van der Waals surface area contributed by atoms with Crippen LogP contribution in [0.15, 0.2) is 18.2 Å². The standard InChI is InChI=1S/C15H23N3O3/c1-11(19)12-5-6-13(14(9-12)18(20)21)17-8-7-16(4)15(2,3)10-17/h5-6,9,11,19H,7-8,10H2,1-4H3/t11-/m1/s1. The maximum atomic E-state index is 11.4. The van der Waals surface area contributed by atoms with Gasteiger partial charge >= 0.3 is 0 Å². The van der Waals surface area contributed by atoms with Gasteiger partial charge in [0.1, 0.15) is 5.69 Å². The molecule has 0 amide bonds. The summed E-state index contributed by atoms with van der Waals surface area (Å²) >= 11 is 0. The first-order valence-corrected chi connectivity index (χ1v) is 7.15. The van der Waals surface area contributed by atoms with Crippen molar-refractivity contribution in [2.24, 2.45) is 0 Å². The highest BCUT2D eigenvalue weighted by Crippen LogP contribution is 2.34. The number of anilines is 1. The van der Waals surface area contributed by atoms with Crippen LogP contribution in [0.1, 0.15) is 32.4 Å². The zero-order valence-corrected chi connectivity index (χ0v) is 13.0. The Morgan fingerprint density at radius 1 is 1.38 bits per heavy atom. The van der Waals surface area contributed by atoms with Gasteiger partial charge in [0.05, 0.1) is 11.0 Å². The normalized spacial score (nSPS) is 20.3. The van der Waals surface area contributed by atoms with Gasteiger partial charge < -0.3 is 10.0 Å². The third kappa shape index (κ3) is 3.16. The Hall–Kier alpha value is -1.66. The van der Waals surface area contributed by atoms with Gasteiger partial charge in [0.15, 0.2) is 0 Å². The van der Waals surface area contributed by atoms with Crippen LogP contribution >= 0.6 is 0 Å². The molecule has 1 saturated heterocycles. The minimum Gasteiger partial charge on any atom is -0.389 e. The van der Waals surface area contributed by atoms with Crippen molar-refractivity contribution in [2.45, 2.75) is 32.4 Å². The first-order valence-electron chi connectivity index (χ1n) is 7.15. The van der Waals surface area contributed by atoms with Crippen LogP contribution in [0.25, 0.3) is 0 Å². The molecule has 1 aliphatic rings. The van der Waals surface area contributed by atoms with Gasteiger partial charge in [-0.25, -0.2) is 0 Å². The van der Waals surface area contributed by atoms with Gasteiger partial charge in [-0.15, -0.1) is 0 Å². The topological polar surface area (TPSA) is 69.8 Å². The van der Waals surface area contributed by atoms with Gasteiger partial charge in [0.25, 0.3) is 5.69 Å². The summed E-state index contributed by atoms with van der Waals surface area (Å²) in [5, 5.41) is 21.0. The highest BCUT2D eigenvalue weighted by molar-refractivity contribution is 5.65. The number of aliphatic hydroxyl groups excluding tert-OH is 1. The second kappa shape index (κ2) is 5.61. The van der Waals surface area contributed by atoms with E-state index in [-0.39, 0.29) is 16.1 Å². The van der Waals surface area contributed by atoms with Gasteiger partial charge in [0, 0.05) is 31.2 Å². The molecule has 0 saturated carbocycles. The molecule has 116 valence electrons. The maximum absolute atomic E-state index is 11.4. The van der Waals surface area contributed by atoms with Gasteiger partial charge in [0.2, 0.25) is 0 Å². The number of piperazine rings is 1. The molecule has 1 N–H and O–H groups in total. The molecule has 0 radical (unpaired) electrons. The monoisotopic (exact) mass is 293 g/mol. The van der Waals surface area contributed by atoms with Crippen molar-refractivity contribution in [1.29, 1.82) is 0 Å². The maximum Gasteiger partial charge on any atom is 0.292 e. The second-order valence-electron chi connectivity index (χ2n) is 6.34. The van der Waals surface area contributed by atoms with Crippen molar-refractivity contribution in [2.75, 3.05) is 31.6 Å². The average Bonchev–Trinajstić information content (AvgIpc) is 2.41. The fourth-order valence-electron chi connectivity index (χ4n) is 2.66. The van der Waals surface area contributed by atoms with E-state index in [2.05, 4.69) is 30.7 Å². The van der Waals surface area contributed by atoms with E-state index in [9.17, 15) is 15.2 Å². The molecule has 21 heavy (non-hydrogen) atoms.